The number of carbonyl (C=O) groups is 2. The molecule has 1 aromatic carbocycles. The minimum absolute atomic E-state index is 0.0497. The first-order valence-corrected chi connectivity index (χ1v) is 7.42. The van der Waals surface area contributed by atoms with Gasteiger partial charge in [-0.25, -0.2) is 4.79 Å². The predicted molar refractivity (Wildman–Crippen MR) is 83.0 cm³/mol. The zero-order chi connectivity index (χ0) is 16.3. The number of ether oxygens (including phenoxy) is 2. The Hall–Kier alpha value is -1.88. The Kier molecular flexibility index (Phi) is 4.86. The van der Waals surface area contributed by atoms with Gasteiger partial charge in [0, 0.05) is 18.6 Å². The molecule has 2 unspecified atom stereocenters. The molecule has 0 radical (unpaired) electrons. The highest BCUT2D eigenvalue weighted by Crippen LogP contribution is 2.29. The Balaban J connectivity index is 2.10. The van der Waals surface area contributed by atoms with Crippen LogP contribution in [0.2, 0.25) is 0 Å². The number of fused-ring (bicyclic) bond motifs is 1. The molecule has 0 bridgehead atoms. The van der Waals surface area contributed by atoms with Crippen molar-refractivity contribution in [3.8, 4) is 0 Å². The summed E-state index contributed by atoms with van der Waals surface area (Å²) < 4.78 is 10.4. The fourth-order valence-corrected chi connectivity index (χ4v) is 2.69. The molecule has 1 aliphatic carbocycles. The largest absolute Gasteiger partial charge is 0.444 e. The molecule has 5 nitrogen and oxygen atoms in total. The highest BCUT2D eigenvalue weighted by atomic mass is 16.6. The van der Waals surface area contributed by atoms with E-state index in [1.165, 1.54) is 0 Å². The lowest BCUT2D eigenvalue weighted by Gasteiger charge is -2.26. The molecule has 2 atom stereocenters. The normalized spacial score (nSPS) is 18.7. The van der Waals surface area contributed by atoms with E-state index < -0.39 is 17.7 Å². The molecule has 1 aliphatic rings. The third kappa shape index (κ3) is 3.85. The van der Waals surface area contributed by atoms with Gasteiger partial charge in [0.1, 0.15) is 5.60 Å². The van der Waals surface area contributed by atoms with Crippen molar-refractivity contribution in [3.63, 3.8) is 0 Å². The average Bonchev–Trinajstić information content (AvgIpc) is 2.74. The third-order valence-corrected chi connectivity index (χ3v) is 3.59. The third-order valence-electron chi connectivity index (χ3n) is 3.59. The molecular formula is C17H23NO4. The van der Waals surface area contributed by atoms with Crippen LogP contribution in [-0.2, 0) is 15.9 Å². The molecule has 0 fully saturated rings. The van der Waals surface area contributed by atoms with Crippen molar-refractivity contribution in [2.24, 2.45) is 5.92 Å². The van der Waals surface area contributed by atoms with E-state index >= 15 is 0 Å². The average molecular weight is 305 g/mol. The van der Waals surface area contributed by atoms with Gasteiger partial charge in [-0.15, -0.1) is 0 Å². The predicted octanol–water partition coefficient (Wildman–Crippen LogP) is 2.58. The van der Waals surface area contributed by atoms with Crippen molar-refractivity contribution >= 4 is 11.9 Å². The second kappa shape index (κ2) is 6.48. The van der Waals surface area contributed by atoms with Crippen LogP contribution < -0.4 is 5.32 Å². The summed E-state index contributed by atoms with van der Waals surface area (Å²) in [5, 5.41) is 2.77. The fraction of sp³-hybridized carbons (Fsp3) is 0.529. The number of methoxy groups -OCH3 is 1. The lowest BCUT2D eigenvalue weighted by Crippen LogP contribution is -2.47. The summed E-state index contributed by atoms with van der Waals surface area (Å²) in [6.07, 6.45) is 0.0806. The van der Waals surface area contributed by atoms with Crippen LogP contribution in [0.15, 0.2) is 24.3 Å². The van der Waals surface area contributed by atoms with Gasteiger partial charge in [-0.2, -0.15) is 0 Å². The second-order valence-electron chi connectivity index (χ2n) is 6.54. The number of hydrogen-bond acceptors (Lipinski definition) is 4. The number of rotatable bonds is 4. The van der Waals surface area contributed by atoms with Crippen LogP contribution in [-0.4, -0.2) is 37.2 Å². The molecule has 2 rings (SSSR count). The van der Waals surface area contributed by atoms with Crippen LogP contribution in [0, 0.1) is 5.92 Å². The molecule has 1 amide bonds. The number of ketones is 1. The molecule has 1 aromatic rings. The molecule has 0 heterocycles. The van der Waals surface area contributed by atoms with E-state index in [0.717, 1.165) is 11.1 Å². The van der Waals surface area contributed by atoms with Gasteiger partial charge in [-0.3, -0.25) is 4.79 Å². The van der Waals surface area contributed by atoms with Crippen molar-refractivity contribution in [1.82, 2.24) is 5.32 Å². The highest BCUT2D eigenvalue weighted by Gasteiger charge is 2.37. The van der Waals surface area contributed by atoms with Crippen molar-refractivity contribution < 1.29 is 19.1 Å². The monoisotopic (exact) mass is 305 g/mol. The first kappa shape index (κ1) is 16.5. The first-order valence-electron chi connectivity index (χ1n) is 7.42. The molecule has 120 valence electrons. The second-order valence-corrected chi connectivity index (χ2v) is 6.54. The number of Topliss-reactive ketones (excluding diaryl/α,β-unsaturated/α-hetero) is 1. The molecule has 22 heavy (non-hydrogen) atoms. The Morgan fingerprint density at radius 2 is 2.05 bits per heavy atom. The molecule has 0 aromatic heterocycles. The summed E-state index contributed by atoms with van der Waals surface area (Å²) in [4.78, 5) is 24.5. The van der Waals surface area contributed by atoms with E-state index in [-0.39, 0.29) is 18.3 Å². The van der Waals surface area contributed by atoms with Crippen molar-refractivity contribution in [1.29, 1.82) is 0 Å². The van der Waals surface area contributed by atoms with Gasteiger partial charge in [0.15, 0.2) is 5.78 Å². The fourth-order valence-electron chi connectivity index (χ4n) is 2.69. The summed E-state index contributed by atoms with van der Waals surface area (Å²) in [5.41, 5.74) is 1.17. The molecule has 5 heteroatoms. The van der Waals surface area contributed by atoms with E-state index in [1.54, 1.807) is 27.9 Å². The Morgan fingerprint density at radius 3 is 2.64 bits per heavy atom. The van der Waals surface area contributed by atoms with E-state index in [1.807, 2.05) is 24.3 Å². The van der Waals surface area contributed by atoms with Crippen LogP contribution >= 0.6 is 0 Å². The number of nitrogens with one attached hydrogen (secondary N) is 1. The minimum Gasteiger partial charge on any atom is -0.444 e. The SMILES string of the molecule is COCC(NC(=O)OC(C)(C)C)C1Cc2ccccc2C1=O. The van der Waals surface area contributed by atoms with Crippen molar-refractivity contribution in [2.75, 3.05) is 13.7 Å². The maximum atomic E-state index is 12.5. The van der Waals surface area contributed by atoms with E-state index in [9.17, 15) is 9.59 Å². The quantitative estimate of drug-likeness (QED) is 0.928. The number of amides is 1. The number of hydrogen-bond donors (Lipinski definition) is 1. The maximum absolute atomic E-state index is 12.5. The standard InChI is InChI=1S/C17H23NO4/c1-17(2,3)22-16(20)18-14(10-21-4)13-9-11-7-5-6-8-12(11)15(13)19/h5-8,13-14H,9-10H2,1-4H3,(H,18,20). The summed E-state index contributed by atoms with van der Waals surface area (Å²) in [6.45, 7) is 5.67. The molecule has 0 saturated heterocycles. The lowest BCUT2D eigenvalue weighted by molar-refractivity contribution is 0.0432. The van der Waals surface area contributed by atoms with Gasteiger partial charge in [0.2, 0.25) is 0 Å². The smallest absolute Gasteiger partial charge is 0.407 e. The number of benzene rings is 1. The zero-order valence-corrected chi connectivity index (χ0v) is 13.5. The topological polar surface area (TPSA) is 64.6 Å². The zero-order valence-electron chi connectivity index (χ0n) is 13.5. The molecule has 0 saturated carbocycles. The van der Waals surface area contributed by atoms with Gasteiger partial charge >= 0.3 is 6.09 Å². The summed E-state index contributed by atoms with van der Waals surface area (Å²) in [5.74, 6) is -0.265. The minimum atomic E-state index is -0.579. The Labute approximate surface area is 131 Å². The molecule has 0 spiro atoms. The van der Waals surface area contributed by atoms with E-state index in [2.05, 4.69) is 5.32 Å². The molecule has 1 N–H and O–H groups in total. The summed E-state index contributed by atoms with van der Waals surface area (Å²) in [6, 6.07) is 7.15. The van der Waals surface area contributed by atoms with Gasteiger partial charge in [0.25, 0.3) is 0 Å². The van der Waals surface area contributed by atoms with E-state index in [4.69, 9.17) is 9.47 Å². The van der Waals surface area contributed by atoms with Gasteiger partial charge in [-0.05, 0) is 32.8 Å². The maximum Gasteiger partial charge on any atom is 0.407 e. The van der Waals surface area contributed by atoms with Crippen molar-refractivity contribution in [3.05, 3.63) is 35.4 Å². The van der Waals surface area contributed by atoms with Crippen LogP contribution in [0.25, 0.3) is 0 Å². The Morgan fingerprint density at radius 1 is 1.36 bits per heavy atom. The lowest BCUT2D eigenvalue weighted by atomic mass is 9.96. The van der Waals surface area contributed by atoms with E-state index in [0.29, 0.717) is 6.42 Å². The summed E-state index contributed by atoms with van der Waals surface area (Å²) in [7, 11) is 1.55. The van der Waals surface area contributed by atoms with Crippen LogP contribution in [0.5, 0.6) is 0 Å². The van der Waals surface area contributed by atoms with Crippen molar-refractivity contribution in [2.45, 2.75) is 38.8 Å². The van der Waals surface area contributed by atoms with Crippen LogP contribution in [0.4, 0.5) is 4.79 Å². The van der Waals surface area contributed by atoms with Crippen LogP contribution in [0.3, 0.4) is 0 Å². The van der Waals surface area contributed by atoms with Gasteiger partial charge in [0.05, 0.1) is 12.6 Å². The number of carbonyl (C=O) groups excluding carboxylic acids is 2. The van der Waals surface area contributed by atoms with Crippen LogP contribution in [0.1, 0.15) is 36.7 Å². The molecular weight excluding hydrogens is 282 g/mol. The first-order chi connectivity index (χ1) is 10.3. The Bertz CT molecular complexity index is 562. The summed E-state index contributed by atoms with van der Waals surface area (Å²) >= 11 is 0. The molecule has 0 aliphatic heterocycles. The highest BCUT2D eigenvalue weighted by molar-refractivity contribution is 6.02. The van der Waals surface area contributed by atoms with Gasteiger partial charge < -0.3 is 14.8 Å². The number of alkyl carbamates (subject to hydrolysis) is 1. The van der Waals surface area contributed by atoms with Gasteiger partial charge in [-0.1, -0.05) is 24.3 Å².